The summed E-state index contributed by atoms with van der Waals surface area (Å²) in [6.07, 6.45) is 4.43. The summed E-state index contributed by atoms with van der Waals surface area (Å²) in [5.41, 5.74) is -0.0675. The van der Waals surface area contributed by atoms with Crippen LogP contribution in [0, 0.1) is 0 Å². The molecule has 1 rings (SSSR count). The van der Waals surface area contributed by atoms with Crippen LogP contribution in [0.3, 0.4) is 0 Å². The lowest BCUT2D eigenvalue weighted by Crippen LogP contribution is -2.40. The summed E-state index contributed by atoms with van der Waals surface area (Å²) in [5, 5.41) is 2.72. The van der Waals surface area contributed by atoms with Crippen molar-refractivity contribution in [1.82, 2.24) is 15.3 Å². The number of nitrogens with one attached hydrogen (secondary N) is 1. The third-order valence-corrected chi connectivity index (χ3v) is 2.02. The molecule has 1 heterocycles. The first-order valence-electron chi connectivity index (χ1n) is 4.64. The van der Waals surface area contributed by atoms with Gasteiger partial charge in [0.25, 0.3) is 5.91 Å². The second-order valence-corrected chi connectivity index (χ2v) is 3.74. The summed E-state index contributed by atoms with van der Waals surface area (Å²) in [6.45, 7) is 4.22. The maximum atomic E-state index is 11.5. The Kier molecular flexibility index (Phi) is 3.74. The Morgan fingerprint density at radius 1 is 1.53 bits per heavy atom. The number of amides is 1. The van der Waals surface area contributed by atoms with Crippen LogP contribution in [0.5, 0.6) is 0 Å². The van der Waals surface area contributed by atoms with E-state index in [4.69, 9.17) is 4.74 Å². The number of ether oxygens (including phenoxy) is 1. The number of carbonyl (C=O) groups is 1. The molecule has 0 radical (unpaired) electrons. The van der Waals surface area contributed by atoms with Crippen molar-refractivity contribution in [2.45, 2.75) is 19.4 Å². The highest BCUT2D eigenvalue weighted by Crippen LogP contribution is 2.04. The highest BCUT2D eigenvalue weighted by atomic mass is 16.5. The normalized spacial score (nSPS) is 11.1. The van der Waals surface area contributed by atoms with Crippen LogP contribution in [0.1, 0.15) is 24.3 Å². The molecule has 0 fully saturated rings. The Morgan fingerprint density at radius 2 is 2.27 bits per heavy atom. The standard InChI is InChI=1S/C10H15N3O2/c1-10(2,15-3)7-13-9(14)8-6-11-4-5-12-8/h4-6H,7H2,1-3H3,(H,13,14). The molecule has 0 saturated carbocycles. The third kappa shape index (κ3) is 3.63. The number of rotatable bonds is 4. The molecule has 0 saturated heterocycles. The van der Waals surface area contributed by atoms with E-state index in [9.17, 15) is 4.79 Å². The lowest BCUT2D eigenvalue weighted by molar-refractivity contribution is 0.0228. The minimum atomic E-state index is -0.377. The molecule has 1 amide bonds. The van der Waals surface area contributed by atoms with Gasteiger partial charge in [0.15, 0.2) is 0 Å². The van der Waals surface area contributed by atoms with Crippen LogP contribution < -0.4 is 5.32 Å². The Bertz CT molecular complexity index is 325. The molecule has 0 aliphatic heterocycles. The summed E-state index contributed by atoms with van der Waals surface area (Å²) < 4.78 is 5.17. The van der Waals surface area contributed by atoms with Crippen molar-refractivity contribution in [3.05, 3.63) is 24.3 Å². The number of nitrogens with zero attached hydrogens (tertiary/aromatic N) is 2. The molecular formula is C10H15N3O2. The Balaban J connectivity index is 2.51. The SMILES string of the molecule is COC(C)(C)CNC(=O)c1cnccn1. The molecule has 0 aromatic carbocycles. The zero-order chi connectivity index (χ0) is 11.3. The summed E-state index contributed by atoms with van der Waals surface area (Å²) >= 11 is 0. The van der Waals surface area contributed by atoms with Crippen LogP contribution in [-0.4, -0.2) is 35.1 Å². The van der Waals surface area contributed by atoms with Crippen molar-refractivity contribution in [3.8, 4) is 0 Å². The monoisotopic (exact) mass is 209 g/mol. The van der Waals surface area contributed by atoms with E-state index >= 15 is 0 Å². The highest BCUT2D eigenvalue weighted by molar-refractivity contribution is 5.91. The third-order valence-electron chi connectivity index (χ3n) is 2.02. The zero-order valence-electron chi connectivity index (χ0n) is 9.15. The van der Waals surface area contributed by atoms with Crippen molar-refractivity contribution in [2.24, 2.45) is 0 Å². The van der Waals surface area contributed by atoms with Crippen molar-refractivity contribution >= 4 is 5.91 Å². The van der Waals surface area contributed by atoms with Gasteiger partial charge in [-0.05, 0) is 13.8 Å². The molecule has 5 nitrogen and oxygen atoms in total. The smallest absolute Gasteiger partial charge is 0.271 e. The van der Waals surface area contributed by atoms with Gasteiger partial charge in [0.2, 0.25) is 0 Å². The molecule has 0 spiro atoms. The van der Waals surface area contributed by atoms with E-state index in [2.05, 4.69) is 15.3 Å². The Labute approximate surface area is 88.9 Å². The largest absolute Gasteiger partial charge is 0.377 e. The summed E-state index contributed by atoms with van der Waals surface area (Å²) in [4.78, 5) is 19.2. The fourth-order valence-corrected chi connectivity index (χ4v) is 0.872. The van der Waals surface area contributed by atoms with Gasteiger partial charge in [0.1, 0.15) is 5.69 Å². The van der Waals surface area contributed by atoms with Crippen LogP contribution >= 0.6 is 0 Å². The molecule has 0 aliphatic rings. The summed E-state index contributed by atoms with van der Waals surface area (Å²) in [6, 6.07) is 0. The predicted molar refractivity (Wildman–Crippen MR) is 55.5 cm³/mol. The predicted octanol–water partition coefficient (Wildman–Crippen LogP) is 0.631. The lowest BCUT2D eigenvalue weighted by Gasteiger charge is -2.22. The van der Waals surface area contributed by atoms with Gasteiger partial charge in [0.05, 0.1) is 11.8 Å². The maximum Gasteiger partial charge on any atom is 0.271 e. The van der Waals surface area contributed by atoms with E-state index in [0.29, 0.717) is 12.2 Å². The quantitative estimate of drug-likeness (QED) is 0.790. The van der Waals surface area contributed by atoms with Crippen LogP contribution in [0.2, 0.25) is 0 Å². The van der Waals surface area contributed by atoms with Gasteiger partial charge < -0.3 is 10.1 Å². The van der Waals surface area contributed by atoms with E-state index in [1.54, 1.807) is 7.11 Å². The van der Waals surface area contributed by atoms with Crippen molar-refractivity contribution in [3.63, 3.8) is 0 Å². The minimum absolute atomic E-state index is 0.242. The summed E-state index contributed by atoms with van der Waals surface area (Å²) in [7, 11) is 1.61. The first-order chi connectivity index (χ1) is 7.05. The molecule has 0 aliphatic carbocycles. The summed E-state index contributed by atoms with van der Waals surface area (Å²) in [5.74, 6) is -0.242. The van der Waals surface area contributed by atoms with Crippen molar-refractivity contribution < 1.29 is 9.53 Å². The lowest BCUT2D eigenvalue weighted by atomic mass is 10.1. The fourth-order valence-electron chi connectivity index (χ4n) is 0.872. The number of aromatic nitrogens is 2. The molecule has 15 heavy (non-hydrogen) atoms. The number of hydrogen-bond acceptors (Lipinski definition) is 4. The topological polar surface area (TPSA) is 64.1 Å². The molecular weight excluding hydrogens is 194 g/mol. The molecule has 1 aromatic rings. The second-order valence-electron chi connectivity index (χ2n) is 3.74. The van der Waals surface area contributed by atoms with E-state index in [-0.39, 0.29) is 11.5 Å². The highest BCUT2D eigenvalue weighted by Gasteiger charge is 2.18. The maximum absolute atomic E-state index is 11.5. The Hall–Kier alpha value is -1.49. The van der Waals surface area contributed by atoms with Crippen molar-refractivity contribution in [1.29, 1.82) is 0 Å². The average Bonchev–Trinajstić information content (AvgIpc) is 2.27. The molecule has 82 valence electrons. The molecule has 0 unspecified atom stereocenters. The minimum Gasteiger partial charge on any atom is -0.377 e. The second kappa shape index (κ2) is 4.84. The molecule has 1 N–H and O–H groups in total. The molecule has 1 aromatic heterocycles. The van der Waals surface area contributed by atoms with E-state index < -0.39 is 0 Å². The van der Waals surface area contributed by atoms with Crippen LogP contribution in [0.25, 0.3) is 0 Å². The number of methoxy groups -OCH3 is 1. The molecule has 5 heteroatoms. The van der Waals surface area contributed by atoms with Gasteiger partial charge in [-0.3, -0.25) is 9.78 Å². The van der Waals surface area contributed by atoms with E-state index in [1.165, 1.54) is 18.6 Å². The number of hydrogen-bond donors (Lipinski definition) is 1. The first kappa shape index (κ1) is 11.6. The van der Waals surface area contributed by atoms with Crippen LogP contribution in [0.15, 0.2) is 18.6 Å². The van der Waals surface area contributed by atoms with Gasteiger partial charge in [-0.1, -0.05) is 0 Å². The fraction of sp³-hybridized carbons (Fsp3) is 0.500. The zero-order valence-corrected chi connectivity index (χ0v) is 9.15. The van der Waals surface area contributed by atoms with Crippen LogP contribution in [-0.2, 0) is 4.74 Å². The van der Waals surface area contributed by atoms with E-state index in [1.807, 2.05) is 13.8 Å². The van der Waals surface area contributed by atoms with Gasteiger partial charge in [0, 0.05) is 26.0 Å². The van der Waals surface area contributed by atoms with E-state index in [0.717, 1.165) is 0 Å². The van der Waals surface area contributed by atoms with Gasteiger partial charge in [-0.2, -0.15) is 0 Å². The van der Waals surface area contributed by atoms with Crippen LogP contribution in [0.4, 0.5) is 0 Å². The van der Waals surface area contributed by atoms with Gasteiger partial charge in [-0.15, -0.1) is 0 Å². The number of carbonyl (C=O) groups excluding carboxylic acids is 1. The first-order valence-corrected chi connectivity index (χ1v) is 4.64. The molecule has 0 bridgehead atoms. The average molecular weight is 209 g/mol. The van der Waals surface area contributed by atoms with Gasteiger partial charge in [-0.25, -0.2) is 4.98 Å². The molecule has 0 atom stereocenters. The van der Waals surface area contributed by atoms with Gasteiger partial charge >= 0.3 is 0 Å². The Morgan fingerprint density at radius 3 is 2.80 bits per heavy atom. The van der Waals surface area contributed by atoms with Crippen molar-refractivity contribution in [2.75, 3.05) is 13.7 Å².